The lowest BCUT2D eigenvalue weighted by Crippen LogP contribution is -2.26. The molecule has 2 aromatic carbocycles. The van der Waals surface area contributed by atoms with Crippen molar-refractivity contribution in [1.29, 1.82) is 0 Å². The molecule has 0 aliphatic heterocycles. The van der Waals surface area contributed by atoms with Crippen molar-refractivity contribution in [1.82, 2.24) is 9.97 Å². The first-order valence-electron chi connectivity index (χ1n) is 8.25. The van der Waals surface area contributed by atoms with Gasteiger partial charge < -0.3 is 14.5 Å². The Balaban J connectivity index is 1.82. The molecule has 0 saturated carbocycles. The highest BCUT2D eigenvalue weighted by atomic mass is 16.5. The van der Waals surface area contributed by atoms with E-state index >= 15 is 0 Å². The van der Waals surface area contributed by atoms with Crippen LogP contribution in [0.15, 0.2) is 54.7 Å². The van der Waals surface area contributed by atoms with E-state index < -0.39 is 0 Å². The second-order valence-electron chi connectivity index (χ2n) is 5.92. The Hall–Kier alpha value is -3.12. The molecule has 2 N–H and O–H groups in total. The number of nitrogens with two attached hydrogens (primary N) is 1. The van der Waals surface area contributed by atoms with Crippen molar-refractivity contribution in [2.24, 2.45) is 5.84 Å². The second kappa shape index (κ2) is 7.84. The van der Waals surface area contributed by atoms with Crippen molar-refractivity contribution in [3.05, 3.63) is 65.9 Å². The Morgan fingerprint density at radius 3 is 2.69 bits per heavy atom. The van der Waals surface area contributed by atoms with Gasteiger partial charge in [-0.2, -0.15) is 4.98 Å². The van der Waals surface area contributed by atoms with Gasteiger partial charge in [-0.15, -0.1) is 0 Å². The average molecular weight is 350 g/mol. The number of benzene rings is 2. The third-order valence-corrected chi connectivity index (χ3v) is 4.09. The highest BCUT2D eigenvalue weighted by molar-refractivity contribution is 5.58. The molecule has 6 heteroatoms. The SMILES string of the molecule is COc1cccc(-c2nccc(OCc3c(C)cccc3N(C)N)n2)c1. The molecule has 0 fully saturated rings. The number of hydrazine groups is 1. The Kier molecular flexibility index (Phi) is 5.34. The third-order valence-electron chi connectivity index (χ3n) is 4.09. The van der Waals surface area contributed by atoms with Crippen LogP contribution in [0.2, 0.25) is 0 Å². The van der Waals surface area contributed by atoms with Crippen molar-refractivity contribution < 1.29 is 9.47 Å². The largest absolute Gasteiger partial charge is 0.497 e. The molecule has 0 spiro atoms. The maximum absolute atomic E-state index is 5.92. The standard InChI is InChI=1S/C20H22N4O2/c1-14-6-4-9-18(24(2)21)17(14)13-26-19-10-11-22-20(23-19)15-7-5-8-16(12-15)25-3/h4-12H,13,21H2,1-3H3. The van der Waals surface area contributed by atoms with E-state index in [4.69, 9.17) is 15.3 Å². The molecule has 3 rings (SSSR count). The predicted octanol–water partition coefficient (Wildman–Crippen LogP) is 3.35. The van der Waals surface area contributed by atoms with Crippen molar-refractivity contribution in [2.45, 2.75) is 13.5 Å². The van der Waals surface area contributed by atoms with Gasteiger partial charge in [0.05, 0.1) is 12.8 Å². The molecule has 3 aromatic rings. The van der Waals surface area contributed by atoms with E-state index in [1.807, 2.05) is 56.4 Å². The lowest BCUT2D eigenvalue weighted by molar-refractivity contribution is 0.293. The number of rotatable bonds is 6. The van der Waals surface area contributed by atoms with Crippen LogP contribution in [0.1, 0.15) is 11.1 Å². The van der Waals surface area contributed by atoms with E-state index in [-0.39, 0.29) is 0 Å². The molecular formula is C20H22N4O2. The quantitative estimate of drug-likeness (QED) is 0.543. The van der Waals surface area contributed by atoms with Crippen LogP contribution >= 0.6 is 0 Å². The molecule has 134 valence electrons. The Bertz CT molecular complexity index is 896. The second-order valence-corrected chi connectivity index (χ2v) is 5.92. The van der Waals surface area contributed by atoms with Crippen molar-refractivity contribution >= 4 is 5.69 Å². The molecule has 1 heterocycles. The van der Waals surface area contributed by atoms with Crippen molar-refractivity contribution in [3.8, 4) is 23.0 Å². The zero-order valence-electron chi connectivity index (χ0n) is 15.1. The fraction of sp³-hybridized carbons (Fsp3) is 0.200. The van der Waals surface area contributed by atoms with E-state index in [9.17, 15) is 0 Å². The van der Waals surface area contributed by atoms with E-state index in [1.54, 1.807) is 24.4 Å². The van der Waals surface area contributed by atoms with Gasteiger partial charge in [0.2, 0.25) is 5.88 Å². The molecule has 26 heavy (non-hydrogen) atoms. The summed E-state index contributed by atoms with van der Waals surface area (Å²) in [6, 6.07) is 15.3. The minimum Gasteiger partial charge on any atom is -0.497 e. The summed E-state index contributed by atoms with van der Waals surface area (Å²) in [4.78, 5) is 8.83. The van der Waals surface area contributed by atoms with Crippen LogP contribution in [0.25, 0.3) is 11.4 Å². The molecule has 6 nitrogen and oxygen atoms in total. The number of hydrogen-bond acceptors (Lipinski definition) is 6. The number of anilines is 1. The monoisotopic (exact) mass is 350 g/mol. The number of hydrogen-bond donors (Lipinski definition) is 1. The highest BCUT2D eigenvalue weighted by Gasteiger charge is 2.10. The first-order chi connectivity index (χ1) is 12.6. The zero-order chi connectivity index (χ0) is 18.5. The first-order valence-corrected chi connectivity index (χ1v) is 8.25. The summed E-state index contributed by atoms with van der Waals surface area (Å²) in [5, 5.41) is 1.59. The molecule has 0 aliphatic rings. The fourth-order valence-electron chi connectivity index (χ4n) is 2.67. The van der Waals surface area contributed by atoms with Gasteiger partial charge >= 0.3 is 0 Å². The van der Waals surface area contributed by atoms with E-state index in [2.05, 4.69) is 9.97 Å². The van der Waals surface area contributed by atoms with Crippen LogP contribution in [0.5, 0.6) is 11.6 Å². The summed E-state index contributed by atoms with van der Waals surface area (Å²) >= 11 is 0. The van der Waals surface area contributed by atoms with Crippen LogP contribution in [0, 0.1) is 6.92 Å². The topological polar surface area (TPSA) is 73.5 Å². The van der Waals surface area contributed by atoms with Crippen LogP contribution in [-0.4, -0.2) is 24.1 Å². The summed E-state index contributed by atoms with van der Waals surface area (Å²) in [6.45, 7) is 2.41. The third kappa shape index (κ3) is 3.92. The smallest absolute Gasteiger partial charge is 0.217 e. The maximum Gasteiger partial charge on any atom is 0.217 e. The molecule has 0 amide bonds. The van der Waals surface area contributed by atoms with Crippen molar-refractivity contribution in [2.75, 3.05) is 19.2 Å². The molecule has 0 saturated heterocycles. The summed E-state index contributed by atoms with van der Waals surface area (Å²) < 4.78 is 11.2. The van der Waals surface area contributed by atoms with Crippen LogP contribution in [0.3, 0.4) is 0 Å². The van der Waals surface area contributed by atoms with Crippen LogP contribution < -0.4 is 20.3 Å². The van der Waals surface area contributed by atoms with Gasteiger partial charge in [0.1, 0.15) is 12.4 Å². The van der Waals surface area contributed by atoms with Gasteiger partial charge in [-0.05, 0) is 30.7 Å². The lowest BCUT2D eigenvalue weighted by Gasteiger charge is -2.19. The van der Waals surface area contributed by atoms with Gasteiger partial charge in [-0.1, -0.05) is 24.3 Å². The summed E-state index contributed by atoms with van der Waals surface area (Å²) in [6.07, 6.45) is 1.69. The number of aryl methyl sites for hydroxylation is 1. The molecule has 1 aromatic heterocycles. The van der Waals surface area contributed by atoms with Gasteiger partial charge in [0, 0.05) is 30.4 Å². The number of aromatic nitrogens is 2. The average Bonchev–Trinajstić information content (AvgIpc) is 2.67. The van der Waals surface area contributed by atoms with Gasteiger partial charge in [-0.25, -0.2) is 10.8 Å². The summed E-state index contributed by atoms with van der Waals surface area (Å²) in [5.74, 6) is 7.77. The Labute approximate surface area is 153 Å². The molecule has 0 radical (unpaired) electrons. The number of methoxy groups -OCH3 is 1. The summed E-state index contributed by atoms with van der Waals surface area (Å²) in [7, 11) is 3.44. The predicted molar refractivity (Wildman–Crippen MR) is 102 cm³/mol. The minimum atomic E-state index is 0.373. The van der Waals surface area contributed by atoms with Gasteiger partial charge in [0.25, 0.3) is 0 Å². The molecule has 0 bridgehead atoms. The van der Waals surface area contributed by atoms with Crippen molar-refractivity contribution in [3.63, 3.8) is 0 Å². The minimum absolute atomic E-state index is 0.373. The highest BCUT2D eigenvalue weighted by Crippen LogP contribution is 2.25. The molecule has 0 aliphatic carbocycles. The normalized spacial score (nSPS) is 10.5. The Morgan fingerprint density at radius 2 is 1.92 bits per heavy atom. The van der Waals surface area contributed by atoms with E-state index in [0.29, 0.717) is 18.3 Å². The van der Waals surface area contributed by atoms with Crippen LogP contribution in [-0.2, 0) is 6.61 Å². The lowest BCUT2D eigenvalue weighted by atomic mass is 10.1. The molecular weight excluding hydrogens is 328 g/mol. The number of ether oxygens (including phenoxy) is 2. The van der Waals surface area contributed by atoms with E-state index in [0.717, 1.165) is 28.1 Å². The summed E-state index contributed by atoms with van der Waals surface area (Å²) in [5.41, 5.74) is 3.93. The Morgan fingerprint density at radius 1 is 1.12 bits per heavy atom. The van der Waals surface area contributed by atoms with Gasteiger partial charge in [-0.3, -0.25) is 0 Å². The molecule has 0 atom stereocenters. The van der Waals surface area contributed by atoms with Gasteiger partial charge in [0.15, 0.2) is 5.82 Å². The van der Waals surface area contributed by atoms with E-state index in [1.165, 1.54) is 0 Å². The number of nitrogens with zero attached hydrogens (tertiary/aromatic N) is 3. The first kappa shape index (κ1) is 17.7. The van der Waals surface area contributed by atoms with Crippen LogP contribution in [0.4, 0.5) is 5.69 Å². The fourth-order valence-corrected chi connectivity index (χ4v) is 2.67. The molecule has 0 unspecified atom stereocenters. The maximum atomic E-state index is 5.92. The zero-order valence-corrected chi connectivity index (χ0v) is 15.1.